The Morgan fingerprint density at radius 3 is 2.32 bits per heavy atom. The first-order valence-corrected chi connectivity index (χ1v) is 10.7. The highest BCUT2D eigenvalue weighted by Gasteiger charge is 2.52. The third kappa shape index (κ3) is 3.79. The summed E-state index contributed by atoms with van der Waals surface area (Å²) in [6, 6.07) is 13.7. The van der Waals surface area contributed by atoms with Crippen LogP contribution in [0.25, 0.3) is 10.1 Å². The fourth-order valence-corrected chi connectivity index (χ4v) is 4.30. The summed E-state index contributed by atoms with van der Waals surface area (Å²) in [4.78, 5) is 0. The topological polar surface area (TPSA) is 27.7 Å². The zero-order valence-electron chi connectivity index (χ0n) is 16.2. The van der Waals surface area contributed by atoms with Gasteiger partial charge in [0.15, 0.2) is 0 Å². The van der Waals surface area contributed by atoms with Gasteiger partial charge in [-0.3, -0.25) is 0 Å². The fourth-order valence-electron chi connectivity index (χ4n) is 3.01. The maximum atomic E-state index is 6.18. The minimum atomic E-state index is -0.341. The van der Waals surface area contributed by atoms with Crippen molar-refractivity contribution in [1.82, 2.24) is 0 Å². The molecule has 2 heterocycles. The van der Waals surface area contributed by atoms with E-state index < -0.39 is 0 Å². The van der Waals surface area contributed by atoms with E-state index in [2.05, 4.69) is 52.0 Å². The van der Waals surface area contributed by atoms with E-state index in [0.29, 0.717) is 22.4 Å². The van der Waals surface area contributed by atoms with Crippen LogP contribution in [-0.4, -0.2) is 18.3 Å². The second kappa shape index (κ2) is 7.23. The number of rotatable bonds is 4. The Kier molecular flexibility index (Phi) is 5.18. The zero-order valence-corrected chi connectivity index (χ0v) is 18.5. The van der Waals surface area contributed by atoms with Gasteiger partial charge in [0.25, 0.3) is 0 Å². The standard InChI is InChI=1S/C21H21BCl2O3S/c1-20(2)21(3,4)27-22(26-20)19-10-14-9-13(5-8-18(14)28-19)12-25-15-6-7-16(23)17(24)11-15/h5-11H,12H2,1-4H3. The largest absolute Gasteiger partial charge is 0.505 e. The van der Waals surface area contributed by atoms with Crippen LogP contribution in [0.4, 0.5) is 0 Å². The molecule has 0 radical (unpaired) electrons. The SMILES string of the molecule is CC1(C)OB(c2cc3cc(COc4ccc(Cl)c(Cl)c4)ccc3s2)OC1(C)C. The van der Waals surface area contributed by atoms with E-state index in [4.69, 9.17) is 37.2 Å². The van der Waals surface area contributed by atoms with Crippen molar-refractivity contribution in [3.05, 3.63) is 58.1 Å². The van der Waals surface area contributed by atoms with Crippen molar-refractivity contribution in [2.75, 3.05) is 0 Å². The smallest absolute Gasteiger partial charge is 0.489 e. The lowest BCUT2D eigenvalue weighted by molar-refractivity contribution is 0.00578. The molecule has 0 aliphatic carbocycles. The predicted molar refractivity (Wildman–Crippen MR) is 118 cm³/mol. The van der Waals surface area contributed by atoms with Crippen LogP contribution in [0.5, 0.6) is 5.75 Å². The third-order valence-electron chi connectivity index (χ3n) is 5.38. The third-order valence-corrected chi connectivity index (χ3v) is 7.26. The summed E-state index contributed by atoms with van der Waals surface area (Å²) < 4.78 is 20.5. The van der Waals surface area contributed by atoms with Gasteiger partial charge < -0.3 is 14.0 Å². The van der Waals surface area contributed by atoms with Gasteiger partial charge >= 0.3 is 7.12 Å². The quantitative estimate of drug-likeness (QED) is 0.465. The molecule has 3 nitrogen and oxygen atoms in total. The summed E-state index contributed by atoms with van der Waals surface area (Å²) in [7, 11) is -0.335. The van der Waals surface area contributed by atoms with Crippen molar-refractivity contribution in [3.63, 3.8) is 0 Å². The molecule has 1 saturated heterocycles. The highest BCUT2D eigenvalue weighted by Crippen LogP contribution is 2.37. The van der Waals surface area contributed by atoms with E-state index in [0.717, 1.165) is 15.7 Å². The van der Waals surface area contributed by atoms with Crippen molar-refractivity contribution in [3.8, 4) is 5.75 Å². The number of fused-ring (bicyclic) bond motifs is 1. The van der Waals surface area contributed by atoms with Crippen LogP contribution in [0.3, 0.4) is 0 Å². The van der Waals surface area contributed by atoms with Gasteiger partial charge in [-0.1, -0.05) is 29.3 Å². The van der Waals surface area contributed by atoms with Gasteiger partial charge in [0.1, 0.15) is 12.4 Å². The Labute approximate surface area is 179 Å². The van der Waals surface area contributed by atoms with Crippen LogP contribution < -0.4 is 9.51 Å². The average molecular weight is 435 g/mol. The van der Waals surface area contributed by atoms with Gasteiger partial charge in [0, 0.05) is 15.5 Å². The molecule has 0 saturated carbocycles. The number of benzene rings is 2. The summed E-state index contributed by atoms with van der Waals surface area (Å²) in [6.45, 7) is 8.73. The molecular formula is C21H21BCl2O3S. The van der Waals surface area contributed by atoms with Gasteiger partial charge in [-0.25, -0.2) is 0 Å². The van der Waals surface area contributed by atoms with Crippen molar-refractivity contribution >= 4 is 56.5 Å². The second-order valence-electron chi connectivity index (χ2n) is 7.97. The van der Waals surface area contributed by atoms with E-state index in [1.165, 1.54) is 4.70 Å². The van der Waals surface area contributed by atoms with Crippen LogP contribution in [0, 0.1) is 0 Å². The molecule has 0 amide bonds. The zero-order chi connectivity index (χ0) is 20.1. The van der Waals surface area contributed by atoms with Gasteiger partial charge in [-0.15, -0.1) is 11.3 Å². The monoisotopic (exact) mass is 434 g/mol. The van der Waals surface area contributed by atoms with Crippen LogP contribution >= 0.6 is 34.5 Å². The summed E-state index contributed by atoms with van der Waals surface area (Å²) in [5.41, 5.74) is 0.399. The number of ether oxygens (including phenoxy) is 1. The maximum absolute atomic E-state index is 6.18. The van der Waals surface area contributed by atoms with E-state index in [9.17, 15) is 0 Å². The van der Waals surface area contributed by atoms with Gasteiger partial charge in [0.05, 0.1) is 21.2 Å². The van der Waals surface area contributed by atoms with Crippen molar-refractivity contribution in [2.45, 2.75) is 45.5 Å². The summed E-state index contributed by atoms with van der Waals surface area (Å²) in [5.74, 6) is 0.692. The Balaban J connectivity index is 1.51. The highest BCUT2D eigenvalue weighted by molar-refractivity contribution is 7.28. The molecular weight excluding hydrogens is 414 g/mol. The lowest BCUT2D eigenvalue weighted by atomic mass is 9.87. The first-order chi connectivity index (χ1) is 13.1. The van der Waals surface area contributed by atoms with Crippen LogP contribution in [-0.2, 0) is 15.9 Å². The van der Waals surface area contributed by atoms with Crippen LogP contribution in [0.2, 0.25) is 10.0 Å². The van der Waals surface area contributed by atoms with E-state index in [1.54, 1.807) is 23.5 Å². The molecule has 4 rings (SSSR count). The lowest BCUT2D eigenvalue weighted by Gasteiger charge is -2.32. The Hall–Kier alpha value is -1.24. The predicted octanol–water partition coefficient (Wildman–Crippen LogP) is 6.09. The van der Waals surface area contributed by atoms with Gasteiger partial charge in [-0.2, -0.15) is 0 Å². The van der Waals surface area contributed by atoms with Crippen LogP contribution in [0.15, 0.2) is 42.5 Å². The molecule has 0 atom stereocenters. The number of halogens is 2. The summed E-state index contributed by atoms with van der Waals surface area (Å²) in [5, 5.41) is 2.16. The first kappa shape index (κ1) is 20.1. The molecule has 1 aliphatic heterocycles. The number of thiophene rings is 1. The minimum Gasteiger partial charge on any atom is -0.489 e. The molecule has 0 N–H and O–H groups in total. The molecule has 1 aromatic heterocycles. The molecule has 7 heteroatoms. The maximum Gasteiger partial charge on any atom is 0.505 e. The molecule has 1 aliphatic rings. The summed E-state index contributed by atoms with van der Waals surface area (Å²) in [6.07, 6.45) is 0. The Bertz CT molecular complexity index is 1020. The molecule has 3 aromatic rings. The Morgan fingerprint density at radius 1 is 0.929 bits per heavy atom. The number of hydrogen-bond donors (Lipinski definition) is 0. The minimum absolute atomic E-state index is 0.335. The average Bonchev–Trinajstić information content (AvgIpc) is 3.13. The Morgan fingerprint density at radius 2 is 1.64 bits per heavy atom. The second-order valence-corrected chi connectivity index (χ2v) is 9.90. The first-order valence-electron chi connectivity index (χ1n) is 9.10. The van der Waals surface area contributed by atoms with Gasteiger partial charge in [0.2, 0.25) is 0 Å². The van der Waals surface area contributed by atoms with E-state index >= 15 is 0 Å². The fraction of sp³-hybridized carbons (Fsp3) is 0.333. The number of hydrogen-bond acceptors (Lipinski definition) is 4. The van der Waals surface area contributed by atoms with Crippen molar-refractivity contribution in [1.29, 1.82) is 0 Å². The van der Waals surface area contributed by atoms with Crippen molar-refractivity contribution in [2.24, 2.45) is 0 Å². The van der Waals surface area contributed by atoms with Crippen molar-refractivity contribution < 1.29 is 14.0 Å². The lowest BCUT2D eigenvalue weighted by Crippen LogP contribution is -2.41. The molecule has 1 fully saturated rings. The van der Waals surface area contributed by atoms with Gasteiger partial charge in [-0.05, 0) is 69.0 Å². The molecule has 28 heavy (non-hydrogen) atoms. The normalized spacial score (nSPS) is 18.0. The summed E-state index contributed by atoms with van der Waals surface area (Å²) >= 11 is 13.7. The molecule has 0 spiro atoms. The van der Waals surface area contributed by atoms with E-state index in [1.807, 2.05) is 6.07 Å². The molecule has 0 bridgehead atoms. The molecule has 0 unspecified atom stereocenters. The van der Waals surface area contributed by atoms with Crippen LogP contribution in [0.1, 0.15) is 33.3 Å². The molecule has 146 valence electrons. The van der Waals surface area contributed by atoms with E-state index in [-0.39, 0.29) is 18.3 Å². The highest BCUT2D eigenvalue weighted by atomic mass is 35.5. The molecule has 2 aromatic carbocycles.